The predicted octanol–water partition coefficient (Wildman–Crippen LogP) is 4.38. The molecule has 0 aliphatic carbocycles. The van der Waals surface area contributed by atoms with E-state index in [0.29, 0.717) is 6.61 Å². The molecular weight excluding hydrogens is 350 g/mol. The second kappa shape index (κ2) is 9.37. The summed E-state index contributed by atoms with van der Waals surface area (Å²) in [4.78, 5) is 18.2. The van der Waals surface area contributed by atoms with E-state index >= 15 is 0 Å². The first kappa shape index (κ1) is 19.2. The molecule has 3 aromatic rings. The summed E-state index contributed by atoms with van der Waals surface area (Å²) in [5.41, 5.74) is 3.78. The Morgan fingerprint density at radius 1 is 1.07 bits per heavy atom. The molecule has 0 aliphatic rings. The van der Waals surface area contributed by atoms with Crippen molar-refractivity contribution in [2.45, 2.75) is 6.61 Å². The Morgan fingerprint density at radius 3 is 2.46 bits per heavy atom. The van der Waals surface area contributed by atoms with Gasteiger partial charge in [-0.15, -0.1) is 0 Å². The van der Waals surface area contributed by atoms with Gasteiger partial charge < -0.3 is 15.0 Å². The molecule has 0 aliphatic heterocycles. The van der Waals surface area contributed by atoms with E-state index in [9.17, 15) is 4.79 Å². The molecule has 0 saturated carbocycles. The Hall–Kier alpha value is -3.60. The molecule has 0 unspecified atom stereocenters. The Bertz CT molecular complexity index is 918. The molecule has 28 heavy (non-hydrogen) atoms. The molecule has 142 valence electrons. The molecule has 0 fully saturated rings. The highest BCUT2D eigenvalue weighted by molar-refractivity contribution is 6.02. The number of benzene rings is 2. The third-order valence-corrected chi connectivity index (χ3v) is 4.09. The molecular formula is C23H23N3O2. The number of nitrogens with one attached hydrogen (secondary N) is 1. The molecule has 1 heterocycles. The zero-order chi connectivity index (χ0) is 19.8. The minimum atomic E-state index is -0.172. The lowest BCUT2D eigenvalue weighted by Gasteiger charge is -2.12. The van der Waals surface area contributed by atoms with Gasteiger partial charge in [0, 0.05) is 49.5 Å². The van der Waals surface area contributed by atoms with E-state index in [2.05, 4.69) is 10.3 Å². The van der Waals surface area contributed by atoms with Gasteiger partial charge in [0.05, 0.1) is 0 Å². The lowest BCUT2D eigenvalue weighted by atomic mass is 10.2. The number of carbonyl (C=O) groups is 1. The molecule has 0 spiro atoms. The normalized spacial score (nSPS) is 10.6. The average Bonchev–Trinajstić information content (AvgIpc) is 2.72. The monoisotopic (exact) mass is 373 g/mol. The van der Waals surface area contributed by atoms with Crippen LogP contribution in [0.2, 0.25) is 0 Å². The summed E-state index contributed by atoms with van der Waals surface area (Å²) in [5.74, 6) is 0.598. The first-order valence-corrected chi connectivity index (χ1v) is 8.98. The summed E-state index contributed by atoms with van der Waals surface area (Å²) in [6.45, 7) is 0.470. The van der Waals surface area contributed by atoms with E-state index in [1.54, 1.807) is 18.5 Å². The van der Waals surface area contributed by atoms with Crippen LogP contribution in [0.5, 0.6) is 5.75 Å². The van der Waals surface area contributed by atoms with Crippen LogP contribution in [-0.4, -0.2) is 25.0 Å². The van der Waals surface area contributed by atoms with Crippen LogP contribution in [0, 0.1) is 0 Å². The van der Waals surface area contributed by atoms with Crippen molar-refractivity contribution >= 4 is 23.4 Å². The summed E-state index contributed by atoms with van der Waals surface area (Å²) >= 11 is 0. The molecule has 0 saturated heterocycles. The Kier molecular flexibility index (Phi) is 6.41. The number of hydrogen-bond donors (Lipinski definition) is 1. The van der Waals surface area contributed by atoms with E-state index in [1.165, 1.54) is 6.08 Å². The van der Waals surface area contributed by atoms with Gasteiger partial charge in [0.15, 0.2) is 0 Å². The highest BCUT2D eigenvalue weighted by Gasteiger charge is 2.00. The van der Waals surface area contributed by atoms with Gasteiger partial charge >= 0.3 is 0 Å². The SMILES string of the molecule is CN(C)c1ccc(NC(=O)/C=C/c2ccc(OCc3cccnc3)cc2)cc1. The number of amides is 1. The van der Waals surface area contributed by atoms with Gasteiger partial charge in [0.1, 0.15) is 12.4 Å². The number of anilines is 2. The molecule has 0 atom stereocenters. The maximum Gasteiger partial charge on any atom is 0.248 e. The zero-order valence-corrected chi connectivity index (χ0v) is 16.0. The van der Waals surface area contributed by atoms with Crippen molar-refractivity contribution in [1.82, 2.24) is 4.98 Å². The lowest BCUT2D eigenvalue weighted by molar-refractivity contribution is -0.111. The molecule has 2 aromatic carbocycles. The quantitative estimate of drug-likeness (QED) is 0.625. The fourth-order valence-corrected chi connectivity index (χ4v) is 2.52. The van der Waals surface area contributed by atoms with Crippen molar-refractivity contribution < 1.29 is 9.53 Å². The second-order valence-corrected chi connectivity index (χ2v) is 6.48. The number of nitrogens with zero attached hydrogens (tertiary/aromatic N) is 2. The summed E-state index contributed by atoms with van der Waals surface area (Å²) in [6, 6.07) is 19.1. The molecule has 1 amide bonds. The van der Waals surface area contributed by atoms with Gasteiger partial charge in [0.2, 0.25) is 5.91 Å². The zero-order valence-electron chi connectivity index (χ0n) is 16.0. The fraction of sp³-hybridized carbons (Fsp3) is 0.130. The van der Waals surface area contributed by atoms with Gasteiger partial charge in [-0.05, 0) is 54.1 Å². The van der Waals surface area contributed by atoms with Crippen LogP contribution in [0.1, 0.15) is 11.1 Å². The number of ether oxygens (including phenoxy) is 1. The van der Waals surface area contributed by atoms with Crippen molar-refractivity contribution in [2.75, 3.05) is 24.3 Å². The largest absolute Gasteiger partial charge is 0.489 e. The summed E-state index contributed by atoms with van der Waals surface area (Å²) in [6.07, 6.45) is 6.81. The standard InChI is InChI=1S/C23H23N3O2/c1-26(2)21-10-8-20(9-11-21)25-23(27)14-7-18-5-12-22(13-6-18)28-17-19-4-3-15-24-16-19/h3-16H,17H2,1-2H3,(H,25,27)/b14-7+. The van der Waals surface area contributed by atoms with Gasteiger partial charge in [-0.3, -0.25) is 9.78 Å². The number of carbonyl (C=O) groups excluding carboxylic acids is 1. The summed E-state index contributed by atoms with van der Waals surface area (Å²) in [7, 11) is 3.96. The van der Waals surface area contributed by atoms with E-state index in [0.717, 1.165) is 28.3 Å². The van der Waals surface area contributed by atoms with Crippen LogP contribution in [0.3, 0.4) is 0 Å². The van der Waals surface area contributed by atoms with Crippen molar-refractivity contribution in [3.05, 3.63) is 90.3 Å². The number of rotatable bonds is 7. The molecule has 3 rings (SSSR count). The van der Waals surface area contributed by atoms with Crippen LogP contribution in [0.25, 0.3) is 6.08 Å². The maximum absolute atomic E-state index is 12.1. The minimum Gasteiger partial charge on any atom is -0.489 e. The molecule has 1 N–H and O–H groups in total. The first-order chi connectivity index (χ1) is 13.6. The van der Waals surface area contributed by atoms with Gasteiger partial charge in [-0.1, -0.05) is 18.2 Å². The summed E-state index contributed by atoms with van der Waals surface area (Å²) in [5, 5.41) is 2.85. The lowest BCUT2D eigenvalue weighted by Crippen LogP contribution is -2.10. The first-order valence-electron chi connectivity index (χ1n) is 8.98. The number of aromatic nitrogens is 1. The van der Waals surface area contributed by atoms with E-state index in [4.69, 9.17) is 4.74 Å². The molecule has 5 heteroatoms. The predicted molar refractivity (Wildman–Crippen MR) is 113 cm³/mol. The van der Waals surface area contributed by atoms with E-state index < -0.39 is 0 Å². The van der Waals surface area contributed by atoms with Gasteiger partial charge in [-0.25, -0.2) is 0 Å². The van der Waals surface area contributed by atoms with Crippen LogP contribution in [0.4, 0.5) is 11.4 Å². The highest BCUT2D eigenvalue weighted by Crippen LogP contribution is 2.17. The average molecular weight is 373 g/mol. The van der Waals surface area contributed by atoms with Crippen molar-refractivity contribution in [1.29, 1.82) is 0 Å². The third-order valence-electron chi connectivity index (χ3n) is 4.09. The van der Waals surface area contributed by atoms with Gasteiger partial charge in [0.25, 0.3) is 0 Å². The minimum absolute atomic E-state index is 0.172. The Labute approximate surface area is 165 Å². The van der Waals surface area contributed by atoms with Crippen LogP contribution in [0.15, 0.2) is 79.1 Å². The smallest absolute Gasteiger partial charge is 0.248 e. The topological polar surface area (TPSA) is 54.5 Å². The summed E-state index contributed by atoms with van der Waals surface area (Å²) < 4.78 is 5.73. The highest BCUT2D eigenvalue weighted by atomic mass is 16.5. The van der Waals surface area contributed by atoms with Crippen LogP contribution in [-0.2, 0) is 11.4 Å². The van der Waals surface area contributed by atoms with Crippen LogP contribution >= 0.6 is 0 Å². The van der Waals surface area contributed by atoms with E-state index in [-0.39, 0.29) is 5.91 Å². The number of pyridine rings is 1. The van der Waals surface area contributed by atoms with Gasteiger partial charge in [-0.2, -0.15) is 0 Å². The second-order valence-electron chi connectivity index (χ2n) is 6.48. The van der Waals surface area contributed by atoms with Crippen molar-refractivity contribution in [3.63, 3.8) is 0 Å². The molecule has 0 bridgehead atoms. The van der Waals surface area contributed by atoms with Crippen molar-refractivity contribution in [2.24, 2.45) is 0 Å². The Balaban J connectivity index is 1.51. The van der Waals surface area contributed by atoms with Crippen molar-refractivity contribution in [3.8, 4) is 5.75 Å². The van der Waals surface area contributed by atoms with Crippen LogP contribution < -0.4 is 15.0 Å². The molecule has 5 nitrogen and oxygen atoms in total. The molecule has 1 aromatic heterocycles. The Morgan fingerprint density at radius 2 is 1.82 bits per heavy atom. The maximum atomic E-state index is 12.1. The van der Waals surface area contributed by atoms with E-state index in [1.807, 2.05) is 79.7 Å². The number of hydrogen-bond acceptors (Lipinski definition) is 4. The molecule has 0 radical (unpaired) electrons. The fourth-order valence-electron chi connectivity index (χ4n) is 2.52. The third kappa shape index (κ3) is 5.71.